The number of aromatic nitrogens is 1. The first-order chi connectivity index (χ1) is 23.4. The van der Waals surface area contributed by atoms with Crippen LogP contribution in [0, 0.1) is 5.92 Å². The SMILES string of the molecule is COC(=O)C(C[C@H](NC(=O)[C@H](Cc1ccc(Cl)cc1)NC(=O)[C@@H](CCSC)NC(=O)[C@H](N)Cc1c[nH]c2ccccc12)C(N)=O)C(=O)OC. The molecule has 49 heavy (non-hydrogen) atoms. The maximum atomic E-state index is 13.7. The predicted molar refractivity (Wildman–Crippen MR) is 185 cm³/mol. The number of hydrogen-bond donors (Lipinski definition) is 6. The van der Waals surface area contributed by atoms with Crippen molar-refractivity contribution >= 4 is 69.8 Å². The third-order valence-corrected chi connectivity index (χ3v) is 8.68. The highest BCUT2D eigenvalue weighted by Gasteiger charge is 2.36. The molecular weight excluding hydrogens is 676 g/mol. The molecule has 0 radical (unpaired) electrons. The number of carbonyl (C=O) groups is 6. The van der Waals surface area contributed by atoms with Crippen molar-refractivity contribution in [1.82, 2.24) is 20.9 Å². The molecule has 4 amide bonds. The first-order valence-corrected chi connectivity index (χ1v) is 17.1. The number of amides is 4. The predicted octanol–water partition coefficient (Wildman–Crippen LogP) is 0.979. The Hall–Kier alpha value is -4.60. The summed E-state index contributed by atoms with van der Waals surface area (Å²) in [4.78, 5) is 80.7. The largest absolute Gasteiger partial charge is 0.468 e. The summed E-state index contributed by atoms with van der Waals surface area (Å²) in [5, 5.41) is 9.22. The third kappa shape index (κ3) is 11.2. The minimum atomic E-state index is -1.56. The highest BCUT2D eigenvalue weighted by atomic mass is 35.5. The lowest BCUT2D eigenvalue weighted by Crippen LogP contribution is -2.58. The van der Waals surface area contributed by atoms with Crippen molar-refractivity contribution in [3.63, 3.8) is 0 Å². The lowest BCUT2D eigenvalue weighted by molar-refractivity contribution is -0.159. The van der Waals surface area contributed by atoms with Gasteiger partial charge < -0.3 is 41.9 Å². The number of rotatable bonds is 18. The van der Waals surface area contributed by atoms with Crippen LogP contribution in [0.2, 0.25) is 5.02 Å². The van der Waals surface area contributed by atoms with Crippen molar-refractivity contribution in [2.75, 3.05) is 26.2 Å². The Labute approximate surface area is 292 Å². The van der Waals surface area contributed by atoms with E-state index in [4.69, 9.17) is 23.1 Å². The molecule has 0 fully saturated rings. The average Bonchev–Trinajstić information content (AvgIpc) is 3.50. The number of nitrogens with two attached hydrogens (primary N) is 2. The second-order valence-corrected chi connectivity index (χ2v) is 12.6. The highest BCUT2D eigenvalue weighted by molar-refractivity contribution is 7.98. The Balaban J connectivity index is 1.81. The van der Waals surface area contributed by atoms with Gasteiger partial charge >= 0.3 is 11.9 Å². The van der Waals surface area contributed by atoms with Gasteiger partial charge in [0.2, 0.25) is 23.6 Å². The van der Waals surface area contributed by atoms with E-state index < -0.39 is 72.1 Å². The van der Waals surface area contributed by atoms with Gasteiger partial charge in [-0.2, -0.15) is 11.8 Å². The van der Waals surface area contributed by atoms with Gasteiger partial charge in [-0.05, 0) is 54.2 Å². The summed E-state index contributed by atoms with van der Waals surface area (Å²) in [5.74, 6) is -6.16. The Kier molecular flexibility index (Phi) is 14.9. The van der Waals surface area contributed by atoms with Crippen LogP contribution in [0.3, 0.4) is 0 Å². The number of benzene rings is 2. The molecule has 3 rings (SSSR count). The number of nitrogens with one attached hydrogen (secondary N) is 4. The van der Waals surface area contributed by atoms with E-state index in [1.165, 1.54) is 11.8 Å². The van der Waals surface area contributed by atoms with Crippen molar-refractivity contribution in [3.8, 4) is 0 Å². The number of halogens is 1. The van der Waals surface area contributed by atoms with E-state index in [9.17, 15) is 28.8 Å². The van der Waals surface area contributed by atoms with E-state index in [-0.39, 0.29) is 19.3 Å². The molecular formula is C33H41ClN6O8S. The van der Waals surface area contributed by atoms with Gasteiger partial charge in [-0.25, -0.2) is 0 Å². The number of para-hydroxylation sites is 1. The van der Waals surface area contributed by atoms with E-state index in [1.54, 1.807) is 30.5 Å². The van der Waals surface area contributed by atoms with Gasteiger partial charge in [-0.15, -0.1) is 0 Å². The number of aromatic amines is 1. The molecule has 14 nitrogen and oxygen atoms in total. The van der Waals surface area contributed by atoms with Crippen LogP contribution in [-0.4, -0.2) is 90.9 Å². The monoisotopic (exact) mass is 716 g/mol. The topological polar surface area (TPSA) is 225 Å². The first-order valence-electron chi connectivity index (χ1n) is 15.3. The number of methoxy groups -OCH3 is 2. The Morgan fingerprint density at radius 3 is 2.04 bits per heavy atom. The fraction of sp³-hybridized carbons (Fsp3) is 0.394. The third-order valence-electron chi connectivity index (χ3n) is 7.78. The van der Waals surface area contributed by atoms with Crippen molar-refractivity contribution in [3.05, 3.63) is 70.9 Å². The molecule has 3 aromatic rings. The second-order valence-electron chi connectivity index (χ2n) is 11.2. The maximum absolute atomic E-state index is 13.7. The van der Waals surface area contributed by atoms with E-state index >= 15 is 0 Å². The van der Waals surface area contributed by atoms with Crippen molar-refractivity contribution in [2.24, 2.45) is 17.4 Å². The molecule has 0 spiro atoms. The van der Waals surface area contributed by atoms with Crippen molar-refractivity contribution in [2.45, 2.75) is 49.9 Å². The summed E-state index contributed by atoms with van der Waals surface area (Å²) in [5.41, 5.74) is 14.2. The molecule has 8 N–H and O–H groups in total. The molecule has 0 aliphatic heterocycles. The van der Waals surface area contributed by atoms with Gasteiger partial charge in [-0.1, -0.05) is 41.9 Å². The van der Waals surface area contributed by atoms with Crippen molar-refractivity contribution < 1.29 is 38.2 Å². The number of primary amides is 1. The first kappa shape index (κ1) is 38.8. The molecule has 2 aromatic carbocycles. The molecule has 0 saturated carbocycles. The number of ether oxygens (including phenoxy) is 2. The minimum absolute atomic E-state index is 0.0546. The fourth-order valence-electron chi connectivity index (χ4n) is 5.08. The summed E-state index contributed by atoms with van der Waals surface area (Å²) in [6.07, 6.45) is 3.45. The zero-order valence-corrected chi connectivity index (χ0v) is 28.9. The number of carbonyl (C=O) groups excluding carboxylic acids is 6. The summed E-state index contributed by atoms with van der Waals surface area (Å²) < 4.78 is 9.29. The van der Waals surface area contributed by atoms with Gasteiger partial charge in [0.05, 0.1) is 20.3 Å². The summed E-state index contributed by atoms with van der Waals surface area (Å²) >= 11 is 7.49. The molecule has 0 unspecified atom stereocenters. The normalized spacial score (nSPS) is 13.5. The van der Waals surface area contributed by atoms with Gasteiger partial charge in [0.1, 0.15) is 18.1 Å². The molecule has 1 aromatic heterocycles. The molecule has 264 valence electrons. The molecule has 0 saturated heterocycles. The van der Waals surface area contributed by atoms with E-state index in [0.29, 0.717) is 16.3 Å². The maximum Gasteiger partial charge on any atom is 0.320 e. The number of hydrogen-bond acceptors (Lipinski definition) is 10. The van der Waals surface area contributed by atoms with Gasteiger partial charge in [0, 0.05) is 35.0 Å². The number of esters is 2. The zero-order valence-electron chi connectivity index (χ0n) is 27.3. The lowest BCUT2D eigenvalue weighted by Gasteiger charge is -2.26. The number of H-pyrrole nitrogens is 1. The molecule has 1 heterocycles. The fourth-order valence-corrected chi connectivity index (χ4v) is 5.68. The Morgan fingerprint density at radius 2 is 1.43 bits per heavy atom. The molecule has 0 aliphatic rings. The van der Waals surface area contributed by atoms with Crippen LogP contribution in [0.1, 0.15) is 24.0 Å². The molecule has 0 bridgehead atoms. The highest BCUT2D eigenvalue weighted by Crippen LogP contribution is 2.19. The minimum Gasteiger partial charge on any atom is -0.468 e. The van der Waals surface area contributed by atoms with Crippen molar-refractivity contribution in [1.29, 1.82) is 0 Å². The van der Waals surface area contributed by atoms with E-state index in [0.717, 1.165) is 30.7 Å². The quantitative estimate of drug-likeness (QED) is 0.0808. The average molecular weight is 717 g/mol. The lowest BCUT2D eigenvalue weighted by atomic mass is 9.98. The van der Waals surface area contributed by atoms with Gasteiger partial charge in [0.25, 0.3) is 0 Å². The zero-order chi connectivity index (χ0) is 36.1. The molecule has 0 aliphatic carbocycles. The number of thioether (sulfide) groups is 1. The summed E-state index contributed by atoms with van der Waals surface area (Å²) in [6, 6.07) is 9.26. The smallest absolute Gasteiger partial charge is 0.320 e. The van der Waals surface area contributed by atoms with Gasteiger partial charge in [-0.3, -0.25) is 28.8 Å². The van der Waals surface area contributed by atoms with Crippen LogP contribution in [0.5, 0.6) is 0 Å². The molecule has 16 heteroatoms. The van der Waals surface area contributed by atoms with Crippen LogP contribution in [0.15, 0.2) is 54.7 Å². The van der Waals surface area contributed by atoms with E-state index in [2.05, 4.69) is 30.4 Å². The number of fused-ring (bicyclic) bond motifs is 1. The van der Waals surface area contributed by atoms with Crippen LogP contribution in [0.4, 0.5) is 0 Å². The Bertz CT molecular complexity index is 1620. The van der Waals surface area contributed by atoms with E-state index in [1.807, 2.05) is 30.5 Å². The second kappa shape index (κ2) is 18.8. The summed E-state index contributed by atoms with van der Waals surface area (Å²) in [7, 11) is 2.10. The Morgan fingerprint density at radius 1 is 0.837 bits per heavy atom. The van der Waals surface area contributed by atoms with Crippen LogP contribution >= 0.6 is 23.4 Å². The van der Waals surface area contributed by atoms with Crippen LogP contribution < -0.4 is 27.4 Å². The summed E-state index contributed by atoms with van der Waals surface area (Å²) in [6.45, 7) is 0. The van der Waals surface area contributed by atoms with Crippen LogP contribution in [0.25, 0.3) is 10.9 Å². The standard InChI is InChI=1S/C33H41ClN6O8S/c1-47-32(45)22(33(46)48-2)16-26(28(36)41)39-31(44)27(14-18-8-10-20(34)11-9-18)40-30(43)25(12-13-49-3)38-29(42)23(35)15-19-17-37-24-7-5-4-6-21(19)24/h4-11,17,22-23,25-27,37H,12-16,35H2,1-3H3,(H2,36,41)(H,38,42)(H,39,44)(H,40,43)/t23-,25-,26+,27+/m1/s1. The van der Waals surface area contributed by atoms with Gasteiger partial charge in [0.15, 0.2) is 5.92 Å². The molecule has 4 atom stereocenters. The van der Waals surface area contributed by atoms with Crippen LogP contribution in [-0.2, 0) is 51.1 Å².